The number of carbonyl (C=O) groups is 1. The van der Waals surface area contributed by atoms with E-state index in [4.69, 9.17) is 0 Å². The second-order valence-corrected chi connectivity index (χ2v) is 3.22. The minimum atomic E-state index is 0.0682. The summed E-state index contributed by atoms with van der Waals surface area (Å²) in [6.07, 6.45) is 0. The summed E-state index contributed by atoms with van der Waals surface area (Å²) in [4.78, 5) is 13.7. The van der Waals surface area contributed by atoms with Gasteiger partial charge < -0.3 is 4.90 Å². The highest BCUT2D eigenvalue weighted by Crippen LogP contribution is 2.06. The SMILES string of the molecule is CCN(CC)C(=O)c1[c]c(C)ccc1. The molecule has 0 aromatic heterocycles. The molecule has 14 heavy (non-hydrogen) atoms. The van der Waals surface area contributed by atoms with Crippen LogP contribution in [-0.4, -0.2) is 23.9 Å². The summed E-state index contributed by atoms with van der Waals surface area (Å²) in [5, 5.41) is 0. The van der Waals surface area contributed by atoms with Gasteiger partial charge in [-0.3, -0.25) is 4.79 Å². The summed E-state index contributed by atoms with van der Waals surface area (Å²) in [7, 11) is 0. The van der Waals surface area contributed by atoms with E-state index in [1.165, 1.54) is 0 Å². The van der Waals surface area contributed by atoms with E-state index in [1.54, 1.807) is 4.90 Å². The van der Waals surface area contributed by atoms with Crippen LogP contribution in [0.5, 0.6) is 0 Å². The Kier molecular flexibility index (Phi) is 3.69. The maximum Gasteiger partial charge on any atom is 0.254 e. The Morgan fingerprint density at radius 2 is 2.00 bits per heavy atom. The van der Waals surface area contributed by atoms with Crippen molar-refractivity contribution in [2.45, 2.75) is 20.8 Å². The molecule has 1 amide bonds. The number of hydrogen-bond acceptors (Lipinski definition) is 1. The zero-order valence-corrected chi connectivity index (χ0v) is 9.00. The summed E-state index contributed by atoms with van der Waals surface area (Å²) in [6, 6.07) is 8.71. The lowest BCUT2D eigenvalue weighted by Crippen LogP contribution is -2.30. The van der Waals surface area contributed by atoms with Gasteiger partial charge in [0.2, 0.25) is 0 Å². The predicted molar refractivity (Wildman–Crippen MR) is 57.3 cm³/mol. The molecule has 0 spiro atoms. The van der Waals surface area contributed by atoms with Gasteiger partial charge in [0.15, 0.2) is 0 Å². The van der Waals surface area contributed by atoms with E-state index in [-0.39, 0.29) is 5.91 Å². The summed E-state index contributed by atoms with van der Waals surface area (Å²) in [5.41, 5.74) is 1.66. The lowest BCUT2D eigenvalue weighted by Gasteiger charge is -2.18. The molecule has 2 nitrogen and oxygen atoms in total. The number of hydrogen-bond donors (Lipinski definition) is 0. The minimum Gasteiger partial charge on any atom is -0.339 e. The molecule has 0 saturated heterocycles. The van der Waals surface area contributed by atoms with Crippen molar-refractivity contribution in [1.29, 1.82) is 0 Å². The highest BCUT2D eigenvalue weighted by atomic mass is 16.2. The fourth-order valence-corrected chi connectivity index (χ4v) is 1.39. The van der Waals surface area contributed by atoms with Crippen molar-refractivity contribution in [3.63, 3.8) is 0 Å². The van der Waals surface area contributed by atoms with Gasteiger partial charge in [0, 0.05) is 18.7 Å². The highest BCUT2D eigenvalue weighted by Gasteiger charge is 2.11. The third-order valence-corrected chi connectivity index (χ3v) is 2.22. The molecule has 0 fully saturated rings. The van der Waals surface area contributed by atoms with Crippen molar-refractivity contribution in [2.75, 3.05) is 13.1 Å². The molecule has 75 valence electrons. The predicted octanol–water partition coefficient (Wildman–Crippen LogP) is 2.28. The molecule has 1 rings (SSSR count). The van der Waals surface area contributed by atoms with Crippen LogP contribution in [0.25, 0.3) is 0 Å². The number of nitrogens with zero attached hydrogens (tertiary/aromatic N) is 1. The van der Waals surface area contributed by atoms with E-state index < -0.39 is 0 Å². The van der Waals surface area contributed by atoms with E-state index in [1.807, 2.05) is 39.0 Å². The van der Waals surface area contributed by atoms with Gasteiger partial charge in [-0.05, 0) is 38.5 Å². The molecule has 0 aliphatic carbocycles. The number of aryl methyl sites for hydroxylation is 1. The normalized spacial score (nSPS) is 9.93. The van der Waals surface area contributed by atoms with E-state index in [2.05, 4.69) is 6.07 Å². The average molecular weight is 190 g/mol. The quantitative estimate of drug-likeness (QED) is 0.716. The van der Waals surface area contributed by atoms with E-state index >= 15 is 0 Å². The van der Waals surface area contributed by atoms with Gasteiger partial charge in [-0.15, -0.1) is 0 Å². The topological polar surface area (TPSA) is 20.3 Å². The van der Waals surface area contributed by atoms with Gasteiger partial charge in [-0.25, -0.2) is 0 Å². The van der Waals surface area contributed by atoms with Crippen LogP contribution in [0.4, 0.5) is 0 Å². The molecular formula is C12H16NO. The molecule has 0 aliphatic heterocycles. The van der Waals surface area contributed by atoms with Gasteiger partial charge in [0.05, 0.1) is 0 Å². The molecule has 0 saturated carbocycles. The fourth-order valence-electron chi connectivity index (χ4n) is 1.39. The first-order valence-corrected chi connectivity index (χ1v) is 4.97. The maximum absolute atomic E-state index is 11.9. The smallest absolute Gasteiger partial charge is 0.254 e. The van der Waals surface area contributed by atoms with E-state index in [9.17, 15) is 4.79 Å². The monoisotopic (exact) mass is 190 g/mol. The third-order valence-electron chi connectivity index (χ3n) is 2.22. The second-order valence-electron chi connectivity index (χ2n) is 3.22. The Morgan fingerprint density at radius 3 is 2.50 bits per heavy atom. The number of carbonyl (C=O) groups excluding carboxylic acids is 1. The Hall–Kier alpha value is -1.31. The second kappa shape index (κ2) is 4.80. The van der Waals surface area contributed by atoms with Crippen molar-refractivity contribution < 1.29 is 4.79 Å². The molecular weight excluding hydrogens is 174 g/mol. The lowest BCUT2D eigenvalue weighted by atomic mass is 10.1. The van der Waals surface area contributed by atoms with Crippen molar-refractivity contribution >= 4 is 5.91 Å². The van der Waals surface area contributed by atoms with Gasteiger partial charge in [0.25, 0.3) is 5.91 Å². The van der Waals surface area contributed by atoms with Crippen LogP contribution >= 0.6 is 0 Å². The van der Waals surface area contributed by atoms with Crippen LogP contribution < -0.4 is 0 Å². The van der Waals surface area contributed by atoms with Crippen molar-refractivity contribution in [2.24, 2.45) is 0 Å². The zero-order valence-electron chi connectivity index (χ0n) is 9.00. The van der Waals surface area contributed by atoms with Crippen LogP contribution in [-0.2, 0) is 0 Å². The molecule has 2 heteroatoms. The van der Waals surface area contributed by atoms with E-state index in [0.717, 1.165) is 18.7 Å². The van der Waals surface area contributed by atoms with Crippen LogP contribution in [0.3, 0.4) is 0 Å². The Morgan fingerprint density at radius 1 is 1.36 bits per heavy atom. The van der Waals surface area contributed by atoms with E-state index in [0.29, 0.717) is 5.56 Å². The first-order valence-electron chi connectivity index (χ1n) is 4.97. The molecule has 0 atom stereocenters. The van der Waals surface area contributed by atoms with Crippen molar-refractivity contribution in [3.8, 4) is 0 Å². The Balaban J connectivity index is 2.88. The molecule has 0 N–H and O–H groups in total. The molecule has 1 aromatic rings. The Bertz CT molecular complexity index is 316. The lowest BCUT2D eigenvalue weighted by molar-refractivity contribution is 0.0772. The van der Waals surface area contributed by atoms with Crippen molar-refractivity contribution in [1.82, 2.24) is 4.90 Å². The molecule has 1 aromatic carbocycles. The van der Waals surface area contributed by atoms with Crippen molar-refractivity contribution in [3.05, 3.63) is 35.4 Å². The Labute approximate surface area is 85.5 Å². The van der Waals surface area contributed by atoms with Gasteiger partial charge in [-0.1, -0.05) is 12.1 Å². The third kappa shape index (κ3) is 2.34. The number of benzene rings is 1. The average Bonchev–Trinajstić information content (AvgIpc) is 2.19. The maximum atomic E-state index is 11.9. The molecule has 1 radical (unpaired) electrons. The fraction of sp³-hybridized carbons (Fsp3) is 0.417. The summed E-state index contributed by atoms with van der Waals surface area (Å²) < 4.78 is 0. The van der Waals surface area contributed by atoms with Crippen LogP contribution in [0.2, 0.25) is 0 Å². The van der Waals surface area contributed by atoms with Crippen LogP contribution in [0, 0.1) is 13.0 Å². The van der Waals surface area contributed by atoms with Gasteiger partial charge in [-0.2, -0.15) is 0 Å². The zero-order chi connectivity index (χ0) is 10.6. The van der Waals surface area contributed by atoms with Crippen LogP contribution in [0.15, 0.2) is 18.2 Å². The first-order chi connectivity index (χ1) is 6.69. The molecule has 0 bridgehead atoms. The molecule has 0 aliphatic rings. The standard InChI is InChI=1S/C12H16NO/c1-4-13(5-2)12(14)11-8-6-7-10(3)9-11/h6-8H,4-5H2,1-3H3. The first kappa shape index (κ1) is 10.8. The summed E-state index contributed by atoms with van der Waals surface area (Å²) >= 11 is 0. The summed E-state index contributed by atoms with van der Waals surface area (Å²) in [6.45, 7) is 7.40. The van der Waals surface area contributed by atoms with Crippen LogP contribution in [0.1, 0.15) is 29.8 Å². The van der Waals surface area contributed by atoms with Gasteiger partial charge >= 0.3 is 0 Å². The highest BCUT2D eigenvalue weighted by molar-refractivity contribution is 5.94. The van der Waals surface area contributed by atoms with Gasteiger partial charge in [0.1, 0.15) is 0 Å². The number of rotatable bonds is 3. The molecule has 0 unspecified atom stereocenters. The number of amides is 1. The summed E-state index contributed by atoms with van der Waals surface area (Å²) in [5.74, 6) is 0.0682. The largest absolute Gasteiger partial charge is 0.339 e. The molecule has 0 heterocycles. The minimum absolute atomic E-state index is 0.0682.